The number of unbranched alkanes of at least 4 members (excludes halogenated alkanes) is 2. The molecule has 0 aliphatic carbocycles. The van der Waals surface area contributed by atoms with E-state index in [1.807, 2.05) is 39.0 Å². The lowest BCUT2D eigenvalue weighted by atomic mass is 9.62. The van der Waals surface area contributed by atoms with E-state index >= 15 is 0 Å². The van der Waals surface area contributed by atoms with Crippen LogP contribution in [-0.4, -0.2) is 83.2 Å². The minimum Gasteiger partial charge on any atom is -0.396 e. The standard InChI is InChI=1S/C32H45N3O5/c1-8-16-33(7)28(37)24-25-29(38)35(18-11-10-12-19-36)27(32(25)20-23(5)31(24,6)40-32)30(39)34(17-9-2)26-21(3)14-13-15-22(26)4/h8-9,13-15,23-25,27,36H,1-2,10-12,16-20H2,3-7H3/t23?,24-,25-,27?,31+,32?/m0/s1. The number of nitrogens with zero attached hydrogens (tertiary/aromatic N) is 3. The van der Waals surface area contributed by atoms with Crippen molar-refractivity contribution in [3.63, 3.8) is 0 Å². The number of aryl methyl sites for hydroxylation is 2. The Bertz CT molecular complexity index is 1160. The van der Waals surface area contributed by atoms with E-state index in [9.17, 15) is 19.5 Å². The van der Waals surface area contributed by atoms with E-state index in [4.69, 9.17) is 4.74 Å². The van der Waals surface area contributed by atoms with Crippen LogP contribution in [0.4, 0.5) is 5.69 Å². The predicted molar refractivity (Wildman–Crippen MR) is 156 cm³/mol. The van der Waals surface area contributed by atoms with Crippen LogP contribution < -0.4 is 4.90 Å². The predicted octanol–water partition coefficient (Wildman–Crippen LogP) is 3.64. The lowest BCUT2D eigenvalue weighted by molar-refractivity contribution is -0.150. The summed E-state index contributed by atoms with van der Waals surface area (Å²) in [6.07, 6.45) is 5.89. The number of ether oxygens (including phenoxy) is 1. The van der Waals surface area contributed by atoms with Gasteiger partial charge in [-0.1, -0.05) is 37.3 Å². The fourth-order valence-electron chi connectivity index (χ4n) is 7.53. The van der Waals surface area contributed by atoms with Gasteiger partial charge in [0.1, 0.15) is 11.6 Å². The summed E-state index contributed by atoms with van der Waals surface area (Å²) in [5.74, 6) is -2.02. The van der Waals surface area contributed by atoms with Crippen LogP contribution in [0.25, 0.3) is 0 Å². The van der Waals surface area contributed by atoms with Crippen LogP contribution in [-0.2, 0) is 19.1 Å². The van der Waals surface area contributed by atoms with Crippen molar-refractivity contribution < 1.29 is 24.2 Å². The molecule has 0 aromatic heterocycles. The number of likely N-dealkylation sites (N-methyl/N-ethyl adjacent to an activating group) is 1. The van der Waals surface area contributed by atoms with Crippen LogP contribution in [0.1, 0.15) is 50.7 Å². The van der Waals surface area contributed by atoms with Crippen molar-refractivity contribution in [2.45, 2.75) is 70.6 Å². The maximum absolute atomic E-state index is 14.8. The second kappa shape index (κ2) is 11.5. The molecule has 4 rings (SSSR count). The summed E-state index contributed by atoms with van der Waals surface area (Å²) in [5.41, 5.74) is 0.754. The zero-order chi connectivity index (χ0) is 29.4. The van der Waals surface area contributed by atoms with E-state index in [-0.39, 0.29) is 36.8 Å². The maximum atomic E-state index is 14.8. The van der Waals surface area contributed by atoms with Gasteiger partial charge < -0.3 is 24.5 Å². The van der Waals surface area contributed by atoms with Gasteiger partial charge in [0.15, 0.2) is 0 Å². The Labute approximate surface area is 238 Å². The molecule has 1 aromatic rings. The zero-order valence-electron chi connectivity index (χ0n) is 24.7. The number of aliphatic hydroxyl groups excluding tert-OH is 1. The molecule has 1 N–H and O–H groups in total. The van der Waals surface area contributed by atoms with Gasteiger partial charge in [-0.25, -0.2) is 0 Å². The number of hydrogen-bond acceptors (Lipinski definition) is 5. The molecule has 0 saturated carbocycles. The normalized spacial score (nSPS) is 30.4. The average molecular weight is 552 g/mol. The Morgan fingerprint density at radius 1 is 1.12 bits per heavy atom. The Hall–Kier alpha value is -2.97. The Balaban J connectivity index is 1.83. The summed E-state index contributed by atoms with van der Waals surface area (Å²) >= 11 is 0. The number of para-hydroxylation sites is 1. The van der Waals surface area contributed by atoms with Crippen molar-refractivity contribution in [3.8, 4) is 0 Å². The molecule has 3 saturated heterocycles. The van der Waals surface area contributed by atoms with E-state index in [1.54, 1.807) is 33.9 Å². The second-order valence-electron chi connectivity index (χ2n) is 12.0. The quantitative estimate of drug-likeness (QED) is 0.317. The molecule has 6 atom stereocenters. The highest BCUT2D eigenvalue weighted by atomic mass is 16.5. The molecule has 3 aliphatic heterocycles. The molecule has 40 heavy (non-hydrogen) atoms. The van der Waals surface area contributed by atoms with Crippen LogP contribution in [0.5, 0.6) is 0 Å². The van der Waals surface area contributed by atoms with Crippen molar-refractivity contribution in [3.05, 3.63) is 54.6 Å². The summed E-state index contributed by atoms with van der Waals surface area (Å²) in [5, 5.41) is 9.31. The summed E-state index contributed by atoms with van der Waals surface area (Å²) in [7, 11) is 1.72. The van der Waals surface area contributed by atoms with Crippen LogP contribution in [0.2, 0.25) is 0 Å². The first-order valence-corrected chi connectivity index (χ1v) is 14.5. The number of rotatable bonds is 12. The SMILES string of the molecule is C=CCN(C)C(=O)[C@@H]1[C@H]2C(=O)N(CCCCCO)C(C(=O)N(CC=C)c3c(C)cccc3C)C23CC(C)[C@@]1(C)O3. The molecule has 1 spiro atoms. The van der Waals surface area contributed by atoms with Crippen molar-refractivity contribution in [2.24, 2.45) is 17.8 Å². The third-order valence-electron chi connectivity index (χ3n) is 9.44. The van der Waals surface area contributed by atoms with Crippen LogP contribution in [0.15, 0.2) is 43.5 Å². The average Bonchev–Trinajstić information content (AvgIpc) is 3.42. The number of carbonyl (C=O) groups is 3. The minimum absolute atomic E-state index is 0.0275. The van der Waals surface area contributed by atoms with Gasteiger partial charge in [-0.3, -0.25) is 14.4 Å². The Kier molecular flexibility index (Phi) is 8.62. The van der Waals surface area contributed by atoms with Gasteiger partial charge in [-0.2, -0.15) is 0 Å². The molecular formula is C32H45N3O5. The van der Waals surface area contributed by atoms with E-state index in [1.165, 1.54) is 0 Å². The molecule has 3 heterocycles. The molecule has 218 valence electrons. The Morgan fingerprint density at radius 2 is 1.77 bits per heavy atom. The van der Waals surface area contributed by atoms with Crippen molar-refractivity contribution >= 4 is 23.4 Å². The van der Waals surface area contributed by atoms with E-state index in [2.05, 4.69) is 20.1 Å². The number of hydrogen-bond donors (Lipinski definition) is 1. The largest absolute Gasteiger partial charge is 0.396 e. The summed E-state index contributed by atoms with van der Waals surface area (Å²) in [6.45, 7) is 16.7. The van der Waals surface area contributed by atoms with E-state index in [0.717, 1.165) is 23.2 Å². The highest BCUT2D eigenvalue weighted by Crippen LogP contribution is 2.65. The lowest BCUT2D eigenvalue weighted by Crippen LogP contribution is -2.57. The number of amides is 3. The number of benzene rings is 1. The van der Waals surface area contributed by atoms with Gasteiger partial charge in [-0.05, 0) is 63.5 Å². The number of likely N-dealkylation sites (tertiary alicyclic amines) is 1. The van der Waals surface area contributed by atoms with Crippen LogP contribution in [0, 0.1) is 31.6 Å². The fraction of sp³-hybridized carbons (Fsp3) is 0.594. The number of anilines is 1. The van der Waals surface area contributed by atoms with Crippen molar-refractivity contribution in [1.29, 1.82) is 0 Å². The third-order valence-corrected chi connectivity index (χ3v) is 9.44. The van der Waals surface area contributed by atoms with Gasteiger partial charge in [0.05, 0.1) is 17.4 Å². The van der Waals surface area contributed by atoms with Crippen LogP contribution >= 0.6 is 0 Å². The summed E-state index contributed by atoms with van der Waals surface area (Å²) < 4.78 is 6.88. The molecule has 3 unspecified atom stereocenters. The molecular weight excluding hydrogens is 506 g/mol. The third kappa shape index (κ3) is 4.59. The summed E-state index contributed by atoms with van der Waals surface area (Å²) in [6, 6.07) is 5.05. The molecule has 8 nitrogen and oxygen atoms in total. The highest BCUT2D eigenvalue weighted by Gasteiger charge is 2.80. The van der Waals surface area contributed by atoms with Gasteiger partial charge in [-0.15, -0.1) is 13.2 Å². The van der Waals surface area contributed by atoms with Gasteiger partial charge in [0.2, 0.25) is 11.8 Å². The Morgan fingerprint density at radius 3 is 2.38 bits per heavy atom. The smallest absolute Gasteiger partial charge is 0.253 e. The van der Waals surface area contributed by atoms with E-state index in [0.29, 0.717) is 32.4 Å². The molecule has 0 radical (unpaired) electrons. The van der Waals surface area contributed by atoms with Gasteiger partial charge in [0.25, 0.3) is 5.91 Å². The van der Waals surface area contributed by atoms with Gasteiger partial charge >= 0.3 is 0 Å². The summed E-state index contributed by atoms with van der Waals surface area (Å²) in [4.78, 5) is 48.0. The van der Waals surface area contributed by atoms with Crippen molar-refractivity contribution in [2.75, 3.05) is 38.2 Å². The molecule has 3 fully saturated rings. The second-order valence-corrected chi connectivity index (χ2v) is 12.0. The molecule has 2 bridgehead atoms. The maximum Gasteiger partial charge on any atom is 0.253 e. The molecule has 8 heteroatoms. The number of carbonyl (C=O) groups excluding carboxylic acids is 3. The van der Waals surface area contributed by atoms with E-state index < -0.39 is 29.1 Å². The van der Waals surface area contributed by atoms with Crippen molar-refractivity contribution in [1.82, 2.24) is 9.80 Å². The van der Waals surface area contributed by atoms with Gasteiger partial charge in [0, 0.05) is 39.0 Å². The first-order chi connectivity index (χ1) is 19.0. The molecule has 3 amide bonds. The first kappa shape index (κ1) is 30.0. The monoisotopic (exact) mass is 551 g/mol. The number of fused-ring (bicyclic) bond motifs is 1. The first-order valence-electron chi connectivity index (χ1n) is 14.5. The number of aliphatic hydroxyl groups is 1. The molecule has 1 aromatic carbocycles. The lowest BCUT2D eigenvalue weighted by Gasteiger charge is -2.38. The zero-order valence-corrected chi connectivity index (χ0v) is 24.7. The topological polar surface area (TPSA) is 90.4 Å². The van der Waals surface area contributed by atoms with Crippen LogP contribution in [0.3, 0.4) is 0 Å². The highest BCUT2D eigenvalue weighted by molar-refractivity contribution is 6.05. The molecule has 3 aliphatic rings. The fourth-order valence-corrected chi connectivity index (χ4v) is 7.53. The minimum atomic E-state index is -1.11.